The van der Waals surface area contributed by atoms with Crippen LogP contribution in [0.5, 0.6) is 0 Å². The average Bonchev–Trinajstić information content (AvgIpc) is 3.02. The first-order valence-electron chi connectivity index (χ1n) is 8.68. The Morgan fingerprint density at radius 3 is 2.50 bits per heavy atom. The van der Waals surface area contributed by atoms with Crippen LogP contribution in [-0.4, -0.2) is 37.5 Å². The van der Waals surface area contributed by atoms with Gasteiger partial charge >= 0.3 is 0 Å². The summed E-state index contributed by atoms with van der Waals surface area (Å²) >= 11 is 1.81. The summed E-state index contributed by atoms with van der Waals surface area (Å²) in [5.74, 6) is 0.190. The molecule has 4 heteroatoms. The molecule has 0 radical (unpaired) electrons. The molecule has 2 heterocycles. The summed E-state index contributed by atoms with van der Waals surface area (Å²) in [6.45, 7) is 4.76. The summed E-state index contributed by atoms with van der Waals surface area (Å²) in [6, 6.07) is 14.6. The second-order valence-electron chi connectivity index (χ2n) is 6.77. The number of thiophene rings is 1. The molecule has 128 valence electrons. The van der Waals surface area contributed by atoms with Gasteiger partial charge in [-0.2, -0.15) is 0 Å². The monoisotopic (exact) mass is 342 g/mol. The van der Waals surface area contributed by atoms with Gasteiger partial charge in [0.2, 0.25) is 5.91 Å². The van der Waals surface area contributed by atoms with Crippen molar-refractivity contribution in [3.8, 4) is 0 Å². The number of nitrogens with zero attached hydrogens (tertiary/aromatic N) is 1. The van der Waals surface area contributed by atoms with Crippen molar-refractivity contribution >= 4 is 17.2 Å². The van der Waals surface area contributed by atoms with Gasteiger partial charge in [-0.3, -0.25) is 4.79 Å². The molecule has 1 fully saturated rings. The minimum absolute atomic E-state index is 0.190. The molecule has 1 saturated heterocycles. The number of nitrogens with one attached hydrogen (secondary N) is 1. The first-order chi connectivity index (χ1) is 11.6. The van der Waals surface area contributed by atoms with E-state index in [1.54, 1.807) is 0 Å². The normalized spacial score (nSPS) is 17.6. The van der Waals surface area contributed by atoms with Gasteiger partial charge < -0.3 is 10.2 Å². The summed E-state index contributed by atoms with van der Waals surface area (Å²) in [4.78, 5) is 18.1. The first kappa shape index (κ1) is 17.2. The van der Waals surface area contributed by atoms with Crippen molar-refractivity contribution < 1.29 is 4.79 Å². The number of rotatable bonds is 5. The topological polar surface area (TPSA) is 32.3 Å². The van der Waals surface area contributed by atoms with Gasteiger partial charge in [0, 0.05) is 16.3 Å². The highest BCUT2D eigenvalue weighted by molar-refractivity contribution is 7.11. The second-order valence-corrected chi connectivity index (χ2v) is 8.14. The van der Waals surface area contributed by atoms with E-state index in [1.165, 1.54) is 9.75 Å². The molecular weight excluding hydrogens is 316 g/mol. The van der Waals surface area contributed by atoms with E-state index >= 15 is 0 Å². The Morgan fingerprint density at radius 1 is 1.17 bits per heavy atom. The predicted molar refractivity (Wildman–Crippen MR) is 101 cm³/mol. The number of amides is 1. The lowest BCUT2D eigenvalue weighted by Gasteiger charge is -2.39. The third kappa shape index (κ3) is 3.70. The van der Waals surface area contributed by atoms with Crippen molar-refractivity contribution in [1.82, 2.24) is 10.2 Å². The van der Waals surface area contributed by atoms with Crippen LogP contribution in [0, 0.1) is 6.92 Å². The zero-order valence-corrected chi connectivity index (χ0v) is 15.4. The van der Waals surface area contributed by atoms with Gasteiger partial charge in [-0.25, -0.2) is 0 Å². The zero-order chi connectivity index (χ0) is 17.0. The Bertz CT molecular complexity index is 672. The highest BCUT2D eigenvalue weighted by Crippen LogP contribution is 2.35. The number of aryl methyl sites for hydroxylation is 1. The lowest BCUT2D eigenvalue weighted by molar-refractivity contribution is -0.128. The molecule has 0 bridgehead atoms. The summed E-state index contributed by atoms with van der Waals surface area (Å²) in [7, 11) is 2.13. The van der Waals surface area contributed by atoms with Crippen LogP contribution in [0.15, 0.2) is 42.5 Å². The van der Waals surface area contributed by atoms with Crippen LogP contribution in [0.2, 0.25) is 0 Å². The van der Waals surface area contributed by atoms with Crippen molar-refractivity contribution in [3.05, 3.63) is 57.8 Å². The zero-order valence-electron chi connectivity index (χ0n) is 14.5. The van der Waals surface area contributed by atoms with Gasteiger partial charge in [0.25, 0.3) is 0 Å². The van der Waals surface area contributed by atoms with Gasteiger partial charge in [0.15, 0.2) is 0 Å². The third-order valence-electron chi connectivity index (χ3n) is 5.05. The molecule has 0 spiro atoms. The van der Waals surface area contributed by atoms with E-state index in [9.17, 15) is 4.79 Å². The third-order valence-corrected chi connectivity index (χ3v) is 6.12. The lowest BCUT2D eigenvalue weighted by Crippen LogP contribution is -2.51. The van der Waals surface area contributed by atoms with Crippen LogP contribution >= 0.6 is 11.3 Å². The van der Waals surface area contributed by atoms with E-state index in [1.807, 2.05) is 29.5 Å². The molecule has 0 saturated carbocycles. The van der Waals surface area contributed by atoms with Crippen molar-refractivity contribution in [2.24, 2.45) is 0 Å². The van der Waals surface area contributed by atoms with Crippen LogP contribution in [0.25, 0.3) is 0 Å². The predicted octanol–water partition coefficient (Wildman–Crippen LogP) is 3.38. The van der Waals surface area contributed by atoms with E-state index in [2.05, 4.69) is 48.5 Å². The van der Waals surface area contributed by atoms with E-state index in [4.69, 9.17) is 0 Å². The van der Waals surface area contributed by atoms with Gasteiger partial charge in [-0.05, 0) is 64.0 Å². The fourth-order valence-electron chi connectivity index (χ4n) is 3.49. The fourth-order valence-corrected chi connectivity index (χ4v) is 4.38. The van der Waals surface area contributed by atoms with Crippen molar-refractivity contribution in [2.45, 2.75) is 31.6 Å². The van der Waals surface area contributed by atoms with Gasteiger partial charge in [-0.1, -0.05) is 30.3 Å². The molecule has 1 aromatic heterocycles. The van der Waals surface area contributed by atoms with E-state index in [0.717, 1.165) is 37.9 Å². The number of hydrogen-bond donors (Lipinski definition) is 1. The van der Waals surface area contributed by atoms with Crippen LogP contribution < -0.4 is 5.32 Å². The molecule has 0 atom stereocenters. The fraction of sp³-hybridized carbons (Fsp3) is 0.450. The summed E-state index contributed by atoms with van der Waals surface area (Å²) in [5.41, 5.74) is 0.779. The average molecular weight is 343 g/mol. The standard InChI is InChI=1S/C20H26N2OS/c1-16-8-9-18(24-16)10-13-21-19(23)20(11-14-22(2)15-12-20)17-6-4-3-5-7-17/h3-9H,10-15H2,1-2H3,(H,21,23). The SMILES string of the molecule is Cc1ccc(CCNC(=O)C2(c3ccccc3)CCN(C)CC2)s1. The molecular formula is C20H26N2OS. The molecule has 2 aromatic rings. The molecule has 0 aliphatic carbocycles. The van der Waals surface area contributed by atoms with Crippen molar-refractivity contribution in [1.29, 1.82) is 0 Å². The number of piperidine rings is 1. The molecule has 3 rings (SSSR count). The molecule has 1 N–H and O–H groups in total. The molecule has 1 aliphatic heterocycles. The quantitative estimate of drug-likeness (QED) is 0.903. The van der Waals surface area contributed by atoms with E-state index in [-0.39, 0.29) is 11.3 Å². The van der Waals surface area contributed by atoms with E-state index in [0.29, 0.717) is 6.54 Å². The number of likely N-dealkylation sites (tertiary alicyclic amines) is 1. The Balaban J connectivity index is 1.70. The minimum Gasteiger partial charge on any atom is -0.355 e. The highest BCUT2D eigenvalue weighted by Gasteiger charge is 2.41. The maximum atomic E-state index is 13.1. The maximum Gasteiger partial charge on any atom is 0.230 e. The molecule has 1 amide bonds. The molecule has 1 aliphatic rings. The number of hydrogen-bond acceptors (Lipinski definition) is 3. The Labute approximate surface area is 148 Å². The van der Waals surface area contributed by atoms with Crippen molar-refractivity contribution in [3.63, 3.8) is 0 Å². The van der Waals surface area contributed by atoms with Crippen LogP contribution in [0.3, 0.4) is 0 Å². The molecule has 0 unspecified atom stereocenters. The largest absolute Gasteiger partial charge is 0.355 e. The Morgan fingerprint density at radius 2 is 1.88 bits per heavy atom. The molecule has 24 heavy (non-hydrogen) atoms. The lowest BCUT2D eigenvalue weighted by atomic mass is 9.72. The number of carbonyl (C=O) groups is 1. The second kappa shape index (κ2) is 7.49. The van der Waals surface area contributed by atoms with E-state index < -0.39 is 0 Å². The maximum absolute atomic E-state index is 13.1. The van der Waals surface area contributed by atoms with Crippen molar-refractivity contribution in [2.75, 3.05) is 26.7 Å². The Hall–Kier alpha value is -1.65. The summed E-state index contributed by atoms with van der Waals surface area (Å²) in [6.07, 6.45) is 2.68. The minimum atomic E-state index is -0.376. The van der Waals surface area contributed by atoms with Crippen LogP contribution in [-0.2, 0) is 16.6 Å². The van der Waals surface area contributed by atoms with Crippen LogP contribution in [0.1, 0.15) is 28.2 Å². The Kier molecular flexibility index (Phi) is 5.36. The van der Waals surface area contributed by atoms with Crippen LogP contribution in [0.4, 0.5) is 0 Å². The number of carbonyl (C=O) groups excluding carboxylic acids is 1. The summed E-state index contributed by atoms with van der Waals surface area (Å²) in [5, 5.41) is 3.21. The smallest absolute Gasteiger partial charge is 0.230 e. The molecule has 1 aromatic carbocycles. The van der Waals surface area contributed by atoms with Gasteiger partial charge in [-0.15, -0.1) is 11.3 Å². The highest BCUT2D eigenvalue weighted by atomic mass is 32.1. The number of benzene rings is 1. The first-order valence-corrected chi connectivity index (χ1v) is 9.49. The summed E-state index contributed by atoms with van der Waals surface area (Å²) < 4.78 is 0. The van der Waals surface area contributed by atoms with Gasteiger partial charge in [0.1, 0.15) is 0 Å². The molecule has 3 nitrogen and oxygen atoms in total. The van der Waals surface area contributed by atoms with Gasteiger partial charge in [0.05, 0.1) is 5.41 Å².